The van der Waals surface area contributed by atoms with Crippen LogP contribution in [0, 0.1) is 11.3 Å². The summed E-state index contributed by atoms with van der Waals surface area (Å²) in [5, 5.41) is 19.5. The summed E-state index contributed by atoms with van der Waals surface area (Å²) in [6, 6.07) is 0. The van der Waals surface area contributed by atoms with E-state index in [1.807, 2.05) is 6.92 Å². The molecule has 2 aliphatic carbocycles. The van der Waals surface area contributed by atoms with Crippen molar-refractivity contribution in [1.82, 2.24) is 0 Å². The monoisotopic (exact) mass is 236 g/mol. The number of hydrogen-bond donors (Lipinski definition) is 2. The van der Waals surface area contributed by atoms with E-state index in [0.29, 0.717) is 5.92 Å². The summed E-state index contributed by atoms with van der Waals surface area (Å²) in [5.74, 6) is 0.400. The van der Waals surface area contributed by atoms with Gasteiger partial charge in [0.1, 0.15) is 0 Å². The van der Waals surface area contributed by atoms with Crippen molar-refractivity contribution in [2.24, 2.45) is 11.3 Å². The summed E-state index contributed by atoms with van der Waals surface area (Å²) in [5.41, 5.74) is 3.79. The van der Waals surface area contributed by atoms with Crippen LogP contribution < -0.4 is 0 Å². The molecule has 2 N–H and O–H groups in total. The largest absolute Gasteiger partial charge is 0.393 e. The number of hydrogen-bond acceptors (Lipinski definition) is 2. The normalized spacial score (nSPS) is 41.1. The van der Waals surface area contributed by atoms with Crippen molar-refractivity contribution in [3.8, 4) is 0 Å². The molecule has 2 nitrogen and oxygen atoms in total. The highest BCUT2D eigenvalue weighted by Crippen LogP contribution is 2.53. The van der Waals surface area contributed by atoms with Crippen molar-refractivity contribution < 1.29 is 10.2 Å². The Kier molecular flexibility index (Phi) is 3.46. The first-order valence-electron chi connectivity index (χ1n) is 6.63. The average Bonchev–Trinajstić information content (AvgIpc) is 2.33. The molecule has 0 aromatic heterocycles. The molecule has 96 valence electrons. The molecule has 0 amide bonds. The molecule has 2 rings (SSSR count). The second kappa shape index (κ2) is 4.58. The third-order valence-electron chi connectivity index (χ3n) is 5.05. The van der Waals surface area contributed by atoms with E-state index in [0.717, 1.165) is 37.7 Å². The fourth-order valence-corrected chi connectivity index (χ4v) is 3.51. The minimum Gasteiger partial charge on any atom is -0.393 e. The van der Waals surface area contributed by atoms with E-state index in [4.69, 9.17) is 0 Å². The molecule has 17 heavy (non-hydrogen) atoms. The van der Waals surface area contributed by atoms with Crippen LogP contribution in [0.15, 0.2) is 23.3 Å². The average molecular weight is 236 g/mol. The molecular formula is C15H24O2. The standard InChI is InChI=1S/C15H24O2/c1-10-4-5-14(17)15(3)7-6-12(8-13(10)15)11(2)9-16/h13-14,16-17H,1,4-9H2,2-3H3/b12-11-/t13-,14+,15+/m0/s1. The minimum atomic E-state index is -0.186. The highest BCUT2D eigenvalue weighted by Gasteiger charge is 2.47. The van der Waals surface area contributed by atoms with Gasteiger partial charge in [0, 0.05) is 5.41 Å². The van der Waals surface area contributed by atoms with Gasteiger partial charge >= 0.3 is 0 Å². The third-order valence-corrected chi connectivity index (χ3v) is 5.05. The molecule has 2 aliphatic rings. The lowest BCUT2D eigenvalue weighted by Crippen LogP contribution is -2.46. The van der Waals surface area contributed by atoms with Crippen molar-refractivity contribution in [3.05, 3.63) is 23.3 Å². The van der Waals surface area contributed by atoms with Gasteiger partial charge in [0.15, 0.2) is 0 Å². The van der Waals surface area contributed by atoms with Crippen LogP contribution in [-0.4, -0.2) is 22.9 Å². The highest BCUT2D eigenvalue weighted by molar-refractivity contribution is 5.24. The van der Waals surface area contributed by atoms with E-state index in [1.165, 1.54) is 11.1 Å². The first kappa shape index (κ1) is 12.8. The highest BCUT2D eigenvalue weighted by atomic mass is 16.3. The summed E-state index contributed by atoms with van der Waals surface area (Å²) >= 11 is 0. The molecule has 0 saturated heterocycles. The van der Waals surface area contributed by atoms with E-state index in [9.17, 15) is 10.2 Å². The molecule has 0 bridgehead atoms. The molecule has 0 heterocycles. The quantitative estimate of drug-likeness (QED) is 0.687. The second-order valence-electron chi connectivity index (χ2n) is 6.02. The Hall–Kier alpha value is -0.600. The van der Waals surface area contributed by atoms with Gasteiger partial charge in [-0.25, -0.2) is 0 Å². The molecule has 0 unspecified atom stereocenters. The fourth-order valence-electron chi connectivity index (χ4n) is 3.51. The van der Waals surface area contributed by atoms with Gasteiger partial charge in [-0.2, -0.15) is 0 Å². The van der Waals surface area contributed by atoms with Crippen molar-refractivity contribution in [3.63, 3.8) is 0 Å². The van der Waals surface area contributed by atoms with Gasteiger partial charge in [0.2, 0.25) is 0 Å². The second-order valence-corrected chi connectivity index (χ2v) is 6.02. The lowest BCUT2D eigenvalue weighted by atomic mass is 9.56. The minimum absolute atomic E-state index is 0.00850. The van der Waals surface area contributed by atoms with Gasteiger partial charge in [-0.1, -0.05) is 24.6 Å². The van der Waals surface area contributed by atoms with Gasteiger partial charge in [-0.05, 0) is 50.5 Å². The number of allylic oxidation sites excluding steroid dienone is 2. The summed E-state index contributed by atoms with van der Waals surface area (Å²) in [6.45, 7) is 8.58. The first-order chi connectivity index (χ1) is 7.99. The fraction of sp³-hybridized carbons (Fsp3) is 0.733. The van der Waals surface area contributed by atoms with E-state index in [-0.39, 0.29) is 18.1 Å². The molecule has 2 fully saturated rings. The predicted octanol–water partition coefficient (Wildman–Crippen LogP) is 2.81. The Bertz CT molecular complexity index is 356. The maximum Gasteiger partial charge on any atom is 0.0641 e. The molecule has 2 saturated carbocycles. The summed E-state index contributed by atoms with van der Waals surface area (Å²) in [7, 11) is 0. The molecule has 0 spiro atoms. The van der Waals surface area contributed by atoms with Crippen molar-refractivity contribution in [2.45, 2.75) is 52.1 Å². The van der Waals surface area contributed by atoms with Crippen LogP contribution in [0.5, 0.6) is 0 Å². The van der Waals surface area contributed by atoms with Gasteiger partial charge in [-0.15, -0.1) is 0 Å². The summed E-state index contributed by atoms with van der Waals surface area (Å²) in [4.78, 5) is 0. The zero-order valence-corrected chi connectivity index (χ0v) is 11.0. The lowest BCUT2D eigenvalue weighted by molar-refractivity contribution is -0.0341. The van der Waals surface area contributed by atoms with Crippen LogP contribution in [0.25, 0.3) is 0 Å². The topological polar surface area (TPSA) is 40.5 Å². The van der Waals surface area contributed by atoms with Crippen molar-refractivity contribution in [2.75, 3.05) is 6.61 Å². The maximum atomic E-state index is 10.3. The Labute approximate surface area is 104 Å². The summed E-state index contributed by atoms with van der Waals surface area (Å²) in [6.07, 6.45) is 4.65. The van der Waals surface area contributed by atoms with Crippen molar-refractivity contribution >= 4 is 0 Å². The SMILES string of the molecule is C=C1CC[C@@H](O)[C@]2(C)CC/C(=C(\C)CO)C[C@@H]12. The number of aliphatic hydroxyl groups excluding tert-OH is 2. The third kappa shape index (κ3) is 2.09. The van der Waals surface area contributed by atoms with E-state index in [1.54, 1.807) is 0 Å². The molecule has 0 radical (unpaired) electrons. The van der Waals surface area contributed by atoms with Gasteiger partial charge in [-0.3, -0.25) is 0 Å². The van der Waals surface area contributed by atoms with E-state index in [2.05, 4.69) is 13.5 Å². The Morgan fingerprint density at radius 2 is 2.18 bits per heavy atom. The van der Waals surface area contributed by atoms with Crippen LogP contribution in [0.4, 0.5) is 0 Å². The number of rotatable bonds is 1. The zero-order valence-electron chi connectivity index (χ0n) is 11.0. The van der Waals surface area contributed by atoms with Gasteiger partial charge in [0.05, 0.1) is 12.7 Å². The number of aliphatic hydroxyl groups is 2. The molecule has 0 aromatic rings. The predicted molar refractivity (Wildman–Crippen MR) is 69.6 cm³/mol. The Morgan fingerprint density at radius 3 is 2.82 bits per heavy atom. The smallest absolute Gasteiger partial charge is 0.0641 e. The Balaban J connectivity index is 2.27. The van der Waals surface area contributed by atoms with Crippen molar-refractivity contribution in [1.29, 1.82) is 0 Å². The zero-order chi connectivity index (χ0) is 12.6. The van der Waals surface area contributed by atoms with Crippen LogP contribution in [0.3, 0.4) is 0 Å². The molecule has 3 atom stereocenters. The molecule has 0 aliphatic heterocycles. The maximum absolute atomic E-state index is 10.3. The van der Waals surface area contributed by atoms with E-state index >= 15 is 0 Å². The van der Waals surface area contributed by atoms with Crippen LogP contribution >= 0.6 is 0 Å². The Morgan fingerprint density at radius 1 is 1.47 bits per heavy atom. The van der Waals surface area contributed by atoms with Crippen LogP contribution in [-0.2, 0) is 0 Å². The molecule has 2 heteroatoms. The first-order valence-corrected chi connectivity index (χ1v) is 6.63. The lowest BCUT2D eigenvalue weighted by Gasteiger charge is -2.50. The van der Waals surface area contributed by atoms with Crippen LogP contribution in [0.2, 0.25) is 0 Å². The van der Waals surface area contributed by atoms with Gasteiger partial charge in [0.25, 0.3) is 0 Å². The molecule has 0 aromatic carbocycles. The van der Waals surface area contributed by atoms with E-state index < -0.39 is 0 Å². The van der Waals surface area contributed by atoms with Gasteiger partial charge < -0.3 is 10.2 Å². The molecular weight excluding hydrogens is 212 g/mol. The number of fused-ring (bicyclic) bond motifs is 1. The summed E-state index contributed by atoms with van der Waals surface area (Å²) < 4.78 is 0. The van der Waals surface area contributed by atoms with Crippen LogP contribution in [0.1, 0.15) is 46.0 Å².